The molecule has 0 saturated heterocycles. The molecular formula is C19H18F8O4. The van der Waals surface area contributed by atoms with Crippen LogP contribution >= 0.6 is 0 Å². The predicted octanol–water partition coefficient (Wildman–Crippen LogP) is 5.69. The lowest BCUT2D eigenvalue weighted by atomic mass is 10.2. The predicted molar refractivity (Wildman–Crippen MR) is 92.6 cm³/mol. The highest BCUT2D eigenvalue weighted by Gasteiger charge is 2.28. The largest absolute Gasteiger partial charge is 0.491 e. The topological polar surface area (TPSA) is 36.9 Å². The summed E-state index contributed by atoms with van der Waals surface area (Å²) in [5, 5.41) is 0. The first-order valence-electron chi connectivity index (χ1n) is 8.72. The lowest BCUT2D eigenvalue weighted by Gasteiger charge is -2.11. The molecule has 0 atom stereocenters. The standard InChI is InChI=1S/C10H10F4O2.C9H8F4O2/c1-3-15-9-5(11)7(13)10(16-4-2)8(14)6(9)12;1-3-15-9-6(12)4(10)8(14-2)5(11)7(9)13/h3-4H2,1-2H3;3H2,1-2H3. The van der Waals surface area contributed by atoms with Crippen molar-refractivity contribution < 1.29 is 54.1 Å². The van der Waals surface area contributed by atoms with Gasteiger partial charge in [-0.3, -0.25) is 0 Å². The van der Waals surface area contributed by atoms with Crippen molar-refractivity contribution in [1.82, 2.24) is 0 Å². The molecule has 0 unspecified atom stereocenters. The third-order valence-corrected chi connectivity index (χ3v) is 3.44. The summed E-state index contributed by atoms with van der Waals surface area (Å²) in [5.74, 6) is -17.1. The Bertz CT molecular complexity index is 826. The van der Waals surface area contributed by atoms with Gasteiger partial charge in [0.2, 0.25) is 46.5 Å². The number of rotatable bonds is 7. The Balaban J connectivity index is 0.000000311. The Labute approximate surface area is 172 Å². The van der Waals surface area contributed by atoms with Crippen molar-refractivity contribution in [3.8, 4) is 23.0 Å². The molecule has 2 rings (SSSR count). The van der Waals surface area contributed by atoms with Crippen LogP contribution in [-0.4, -0.2) is 26.9 Å². The van der Waals surface area contributed by atoms with Crippen molar-refractivity contribution in [2.75, 3.05) is 26.9 Å². The summed E-state index contributed by atoms with van der Waals surface area (Å²) in [6.07, 6.45) is 0. The molecule has 0 aromatic heterocycles. The molecule has 0 heterocycles. The van der Waals surface area contributed by atoms with Crippen molar-refractivity contribution >= 4 is 0 Å². The zero-order valence-corrected chi connectivity index (χ0v) is 16.8. The average Bonchev–Trinajstić information content (AvgIpc) is 2.75. The first-order valence-corrected chi connectivity index (χ1v) is 8.72. The van der Waals surface area contributed by atoms with E-state index < -0.39 is 69.5 Å². The molecule has 4 nitrogen and oxygen atoms in total. The fraction of sp³-hybridized carbons (Fsp3) is 0.368. The maximum atomic E-state index is 13.2. The summed E-state index contributed by atoms with van der Waals surface area (Å²) in [4.78, 5) is 0. The lowest BCUT2D eigenvalue weighted by Crippen LogP contribution is -2.07. The Morgan fingerprint density at radius 1 is 0.419 bits per heavy atom. The average molecular weight is 462 g/mol. The highest BCUT2D eigenvalue weighted by atomic mass is 19.2. The van der Waals surface area contributed by atoms with Crippen molar-refractivity contribution in [1.29, 1.82) is 0 Å². The second kappa shape index (κ2) is 11.5. The molecule has 0 fully saturated rings. The number of methoxy groups -OCH3 is 1. The molecule has 0 spiro atoms. The number of hydrogen-bond donors (Lipinski definition) is 0. The maximum absolute atomic E-state index is 13.2. The molecule has 0 bridgehead atoms. The first-order chi connectivity index (χ1) is 14.6. The molecular weight excluding hydrogens is 444 g/mol. The van der Waals surface area contributed by atoms with E-state index in [4.69, 9.17) is 0 Å². The van der Waals surface area contributed by atoms with Gasteiger partial charge in [-0.05, 0) is 20.8 Å². The van der Waals surface area contributed by atoms with E-state index in [1.54, 1.807) is 0 Å². The van der Waals surface area contributed by atoms with Gasteiger partial charge in [0.25, 0.3) is 0 Å². The van der Waals surface area contributed by atoms with Crippen molar-refractivity contribution in [3.05, 3.63) is 46.5 Å². The third kappa shape index (κ3) is 5.42. The van der Waals surface area contributed by atoms with Crippen LogP contribution in [0.25, 0.3) is 0 Å². The Hall–Kier alpha value is -2.92. The van der Waals surface area contributed by atoms with Crippen LogP contribution in [0.3, 0.4) is 0 Å². The van der Waals surface area contributed by atoms with Crippen molar-refractivity contribution in [3.63, 3.8) is 0 Å². The summed E-state index contributed by atoms with van der Waals surface area (Å²) in [5.41, 5.74) is 0. The van der Waals surface area contributed by atoms with Crippen LogP contribution in [0.4, 0.5) is 35.1 Å². The summed E-state index contributed by atoms with van der Waals surface area (Å²) in [6.45, 7) is 3.97. The zero-order chi connectivity index (χ0) is 23.9. The van der Waals surface area contributed by atoms with Gasteiger partial charge in [-0.1, -0.05) is 0 Å². The normalized spacial score (nSPS) is 10.3. The number of ether oxygens (including phenoxy) is 4. The van der Waals surface area contributed by atoms with E-state index in [2.05, 4.69) is 18.9 Å². The summed E-state index contributed by atoms with van der Waals surface area (Å²) in [6, 6.07) is 0. The number of hydrogen-bond acceptors (Lipinski definition) is 4. The molecule has 174 valence electrons. The van der Waals surface area contributed by atoms with E-state index in [1.807, 2.05) is 0 Å². The van der Waals surface area contributed by atoms with Crippen LogP contribution in [0.1, 0.15) is 20.8 Å². The quantitative estimate of drug-likeness (QED) is 0.391. The number of halogens is 8. The third-order valence-electron chi connectivity index (χ3n) is 3.44. The molecule has 12 heteroatoms. The molecule has 0 saturated carbocycles. The molecule has 0 N–H and O–H groups in total. The van der Waals surface area contributed by atoms with Gasteiger partial charge in [0, 0.05) is 0 Å². The molecule has 2 aromatic rings. The van der Waals surface area contributed by atoms with E-state index >= 15 is 0 Å². The fourth-order valence-electron chi connectivity index (χ4n) is 2.18. The van der Waals surface area contributed by atoms with E-state index in [9.17, 15) is 35.1 Å². The van der Waals surface area contributed by atoms with Crippen LogP contribution in [0, 0.1) is 46.5 Å². The second-order valence-corrected chi connectivity index (χ2v) is 5.33. The molecule has 31 heavy (non-hydrogen) atoms. The van der Waals surface area contributed by atoms with Gasteiger partial charge in [0.1, 0.15) is 0 Å². The summed E-state index contributed by atoms with van der Waals surface area (Å²) >= 11 is 0. The van der Waals surface area contributed by atoms with Crippen LogP contribution in [0.5, 0.6) is 23.0 Å². The van der Waals surface area contributed by atoms with Crippen LogP contribution < -0.4 is 18.9 Å². The minimum absolute atomic E-state index is 0.110. The van der Waals surface area contributed by atoms with Crippen LogP contribution in [0.2, 0.25) is 0 Å². The lowest BCUT2D eigenvalue weighted by molar-refractivity contribution is 0.257. The summed E-state index contributed by atoms with van der Waals surface area (Å²) < 4.78 is 123. The fourth-order valence-corrected chi connectivity index (χ4v) is 2.18. The highest BCUT2D eigenvalue weighted by Crippen LogP contribution is 2.35. The Kier molecular flexibility index (Phi) is 9.66. The van der Waals surface area contributed by atoms with Gasteiger partial charge in [0.15, 0.2) is 23.0 Å². The SMILES string of the molecule is CCOc1c(F)c(F)c(OC)c(F)c1F.CCOc1c(F)c(F)c(OCC)c(F)c1F. The maximum Gasteiger partial charge on any atom is 0.207 e. The van der Waals surface area contributed by atoms with Gasteiger partial charge < -0.3 is 18.9 Å². The van der Waals surface area contributed by atoms with Crippen LogP contribution in [0.15, 0.2) is 0 Å². The van der Waals surface area contributed by atoms with E-state index in [0.29, 0.717) is 0 Å². The molecule has 2 aromatic carbocycles. The van der Waals surface area contributed by atoms with Gasteiger partial charge in [-0.2, -0.15) is 35.1 Å². The molecule has 0 radical (unpaired) electrons. The van der Waals surface area contributed by atoms with Gasteiger partial charge in [-0.25, -0.2) is 0 Å². The van der Waals surface area contributed by atoms with Crippen molar-refractivity contribution in [2.24, 2.45) is 0 Å². The highest BCUT2D eigenvalue weighted by molar-refractivity contribution is 5.39. The van der Waals surface area contributed by atoms with Gasteiger partial charge in [0.05, 0.1) is 26.9 Å². The van der Waals surface area contributed by atoms with Crippen molar-refractivity contribution in [2.45, 2.75) is 20.8 Å². The Morgan fingerprint density at radius 2 is 0.613 bits per heavy atom. The zero-order valence-electron chi connectivity index (χ0n) is 16.8. The van der Waals surface area contributed by atoms with E-state index in [1.165, 1.54) is 20.8 Å². The molecule has 0 aliphatic rings. The Morgan fingerprint density at radius 3 is 0.774 bits per heavy atom. The van der Waals surface area contributed by atoms with E-state index in [0.717, 1.165) is 7.11 Å². The minimum Gasteiger partial charge on any atom is -0.491 e. The van der Waals surface area contributed by atoms with Crippen LogP contribution in [-0.2, 0) is 0 Å². The molecule has 0 amide bonds. The molecule has 0 aliphatic heterocycles. The first kappa shape index (κ1) is 26.1. The van der Waals surface area contributed by atoms with Gasteiger partial charge >= 0.3 is 0 Å². The summed E-state index contributed by atoms with van der Waals surface area (Å²) in [7, 11) is 0.903. The second-order valence-electron chi connectivity index (χ2n) is 5.33. The van der Waals surface area contributed by atoms with E-state index in [-0.39, 0.29) is 19.8 Å². The molecule has 0 aliphatic carbocycles. The number of benzene rings is 2. The minimum atomic E-state index is -1.61. The smallest absolute Gasteiger partial charge is 0.207 e. The monoisotopic (exact) mass is 462 g/mol. The van der Waals surface area contributed by atoms with Gasteiger partial charge in [-0.15, -0.1) is 0 Å².